The van der Waals surface area contributed by atoms with Gasteiger partial charge in [0.15, 0.2) is 0 Å². The predicted octanol–water partition coefficient (Wildman–Crippen LogP) is 2.07. The minimum atomic E-state index is -0.283. The van der Waals surface area contributed by atoms with Crippen molar-refractivity contribution in [2.45, 2.75) is 57.0 Å². The molecule has 1 aliphatic carbocycles. The molecule has 0 aromatic rings. The summed E-state index contributed by atoms with van der Waals surface area (Å²) in [6.45, 7) is 5.36. The third-order valence-corrected chi connectivity index (χ3v) is 4.39. The summed E-state index contributed by atoms with van der Waals surface area (Å²) in [5, 5.41) is 13.1. The summed E-state index contributed by atoms with van der Waals surface area (Å²) in [5.74, 6) is 0. The van der Waals surface area contributed by atoms with Crippen LogP contribution in [0.2, 0.25) is 0 Å². The molecule has 0 aliphatic heterocycles. The van der Waals surface area contributed by atoms with E-state index in [-0.39, 0.29) is 5.54 Å². The van der Waals surface area contributed by atoms with Crippen molar-refractivity contribution in [2.24, 2.45) is 0 Å². The van der Waals surface area contributed by atoms with E-state index >= 15 is 0 Å². The van der Waals surface area contributed by atoms with Crippen LogP contribution in [0.15, 0.2) is 0 Å². The fraction of sp³-hybridized carbons (Fsp3) is 0.938. The third-order valence-electron chi connectivity index (χ3n) is 4.39. The minimum absolute atomic E-state index is 0.283. The van der Waals surface area contributed by atoms with E-state index in [4.69, 9.17) is 0 Å². The van der Waals surface area contributed by atoms with Gasteiger partial charge in [0.25, 0.3) is 0 Å². The van der Waals surface area contributed by atoms with Crippen LogP contribution in [0.1, 0.15) is 45.4 Å². The molecular weight excluding hydrogens is 248 g/mol. The molecule has 0 bridgehead atoms. The zero-order valence-corrected chi connectivity index (χ0v) is 13.8. The smallest absolute Gasteiger partial charge is 0.108 e. The molecule has 4 heteroatoms. The van der Waals surface area contributed by atoms with Gasteiger partial charge >= 0.3 is 0 Å². The summed E-state index contributed by atoms with van der Waals surface area (Å²) < 4.78 is 0. The Morgan fingerprint density at radius 3 is 2.65 bits per heavy atom. The molecule has 0 aromatic heterocycles. The molecule has 0 aromatic carbocycles. The second-order valence-electron chi connectivity index (χ2n) is 6.51. The first-order valence-electron chi connectivity index (χ1n) is 8.04. The molecular formula is C16H32N4. The average molecular weight is 280 g/mol. The maximum atomic E-state index is 9.58. The quantitative estimate of drug-likeness (QED) is 0.739. The highest BCUT2D eigenvalue weighted by Crippen LogP contribution is 2.30. The Morgan fingerprint density at radius 2 is 2.05 bits per heavy atom. The van der Waals surface area contributed by atoms with Crippen LogP contribution in [-0.2, 0) is 0 Å². The Bertz CT molecular complexity index is 310. The number of nitrogens with zero attached hydrogens (tertiary/aromatic N) is 3. The number of nitrogens with one attached hydrogen (secondary N) is 1. The lowest BCUT2D eigenvalue weighted by Gasteiger charge is -2.40. The zero-order chi connectivity index (χ0) is 15.0. The number of rotatable bonds is 8. The van der Waals surface area contributed by atoms with Gasteiger partial charge < -0.3 is 9.80 Å². The van der Waals surface area contributed by atoms with Gasteiger partial charge in [0.2, 0.25) is 0 Å². The summed E-state index contributed by atoms with van der Waals surface area (Å²) >= 11 is 0. The number of nitriles is 1. The highest BCUT2D eigenvalue weighted by Gasteiger charge is 2.37. The Kier molecular flexibility index (Phi) is 7.50. The lowest BCUT2D eigenvalue weighted by molar-refractivity contribution is 0.140. The van der Waals surface area contributed by atoms with Gasteiger partial charge in [0.1, 0.15) is 5.54 Å². The monoisotopic (exact) mass is 280 g/mol. The molecule has 1 N–H and O–H groups in total. The van der Waals surface area contributed by atoms with E-state index in [2.05, 4.69) is 49.3 Å². The van der Waals surface area contributed by atoms with Gasteiger partial charge in [0, 0.05) is 6.04 Å². The average Bonchev–Trinajstić information content (AvgIpc) is 2.45. The maximum Gasteiger partial charge on any atom is 0.108 e. The molecule has 2 unspecified atom stereocenters. The maximum absolute atomic E-state index is 9.58. The van der Waals surface area contributed by atoms with Crippen LogP contribution < -0.4 is 5.32 Å². The van der Waals surface area contributed by atoms with Crippen molar-refractivity contribution in [3.63, 3.8) is 0 Å². The van der Waals surface area contributed by atoms with Gasteiger partial charge in [0.05, 0.1) is 6.07 Å². The fourth-order valence-electron chi connectivity index (χ4n) is 3.11. The van der Waals surface area contributed by atoms with Crippen molar-refractivity contribution in [2.75, 3.05) is 40.8 Å². The first kappa shape index (κ1) is 17.4. The molecule has 0 spiro atoms. The Morgan fingerprint density at radius 1 is 1.30 bits per heavy atom. The molecule has 4 nitrogen and oxygen atoms in total. The van der Waals surface area contributed by atoms with Gasteiger partial charge in [-0.05, 0) is 79.3 Å². The normalized spacial score (nSPS) is 26.9. The molecule has 0 saturated heterocycles. The fourth-order valence-corrected chi connectivity index (χ4v) is 3.11. The SMILES string of the molecule is CCCNC1(C#N)CCCC(N(C)CCCN(C)C)C1. The van der Waals surface area contributed by atoms with Gasteiger partial charge in [-0.25, -0.2) is 0 Å². The van der Waals surface area contributed by atoms with Crippen LogP contribution in [0.3, 0.4) is 0 Å². The second kappa shape index (κ2) is 8.61. The highest BCUT2D eigenvalue weighted by molar-refractivity contribution is 5.11. The van der Waals surface area contributed by atoms with Gasteiger partial charge in [-0.15, -0.1) is 0 Å². The van der Waals surface area contributed by atoms with E-state index in [1.807, 2.05) is 0 Å². The van der Waals surface area contributed by atoms with Gasteiger partial charge in [-0.1, -0.05) is 6.92 Å². The zero-order valence-electron chi connectivity index (χ0n) is 13.8. The van der Waals surface area contributed by atoms with Crippen molar-refractivity contribution in [1.82, 2.24) is 15.1 Å². The number of hydrogen-bond donors (Lipinski definition) is 1. The van der Waals surface area contributed by atoms with Gasteiger partial charge in [-0.3, -0.25) is 5.32 Å². The number of hydrogen-bond acceptors (Lipinski definition) is 4. The summed E-state index contributed by atoms with van der Waals surface area (Å²) in [7, 11) is 6.46. The summed E-state index contributed by atoms with van der Waals surface area (Å²) in [6.07, 6.45) is 6.66. The Hall–Kier alpha value is -0.630. The van der Waals surface area contributed by atoms with E-state index < -0.39 is 0 Å². The molecule has 2 atom stereocenters. The van der Waals surface area contributed by atoms with E-state index in [0.29, 0.717) is 6.04 Å². The second-order valence-corrected chi connectivity index (χ2v) is 6.51. The summed E-state index contributed by atoms with van der Waals surface area (Å²) in [5.41, 5.74) is -0.283. The lowest BCUT2D eigenvalue weighted by atomic mass is 9.79. The molecule has 1 fully saturated rings. The van der Waals surface area contributed by atoms with Crippen molar-refractivity contribution in [3.8, 4) is 6.07 Å². The van der Waals surface area contributed by atoms with Crippen molar-refractivity contribution >= 4 is 0 Å². The van der Waals surface area contributed by atoms with Crippen LogP contribution >= 0.6 is 0 Å². The van der Waals surface area contributed by atoms with Crippen LogP contribution in [0.25, 0.3) is 0 Å². The van der Waals surface area contributed by atoms with Crippen LogP contribution in [0.4, 0.5) is 0 Å². The predicted molar refractivity (Wildman–Crippen MR) is 84.7 cm³/mol. The van der Waals surface area contributed by atoms with Crippen molar-refractivity contribution in [3.05, 3.63) is 0 Å². The van der Waals surface area contributed by atoms with Crippen LogP contribution in [-0.4, -0.2) is 62.2 Å². The van der Waals surface area contributed by atoms with Crippen LogP contribution in [0.5, 0.6) is 0 Å². The summed E-state index contributed by atoms with van der Waals surface area (Å²) in [6, 6.07) is 3.12. The minimum Gasteiger partial charge on any atom is -0.309 e. The molecule has 20 heavy (non-hydrogen) atoms. The Labute approximate surface area is 125 Å². The van der Waals surface area contributed by atoms with Crippen molar-refractivity contribution in [1.29, 1.82) is 5.26 Å². The topological polar surface area (TPSA) is 42.3 Å². The standard InChI is InChI=1S/C16H32N4/c1-5-10-18-16(14-17)9-6-8-15(13-16)20(4)12-7-11-19(2)3/h15,18H,5-13H2,1-4H3. The third kappa shape index (κ3) is 5.40. The largest absolute Gasteiger partial charge is 0.309 e. The van der Waals surface area contributed by atoms with E-state index in [0.717, 1.165) is 45.3 Å². The van der Waals surface area contributed by atoms with E-state index in [9.17, 15) is 5.26 Å². The van der Waals surface area contributed by atoms with Gasteiger partial charge in [-0.2, -0.15) is 5.26 Å². The molecule has 1 saturated carbocycles. The first-order chi connectivity index (χ1) is 9.53. The van der Waals surface area contributed by atoms with Crippen molar-refractivity contribution < 1.29 is 0 Å². The highest BCUT2D eigenvalue weighted by atomic mass is 15.1. The molecule has 0 amide bonds. The first-order valence-corrected chi connectivity index (χ1v) is 8.04. The molecule has 1 aliphatic rings. The molecule has 1 rings (SSSR count). The molecule has 116 valence electrons. The molecule has 0 radical (unpaired) electrons. The molecule has 0 heterocycles. The summed E-state index contributed by atoms with van der Waals surface area (Å²) in [4.78, 5) is 4.69. The van der Waals surface area contributed by atoms with E-state index in [1.54, 1.807) is 0 Å². The lowest BCUT2D eigenvalue weighted by Crippen LogP contribution is -2.52. The van der Waals surface area contributed by atoms with Crippen LogP contribution in [0, 0.1) is 11.3 Å². The van der Waals surface area contributed by atoms with E-state index in [1.165, 1.54) is 12.8 Å². The Balaban J connectivity index is 2.48.